The Kier molecular flexibility index (Phi) is 3.97. The Bertz CT molecular complexity index is 724. The Morgan fingerprint density at radius 2 is 2.29 bits per heavy atom. The molecule has 1 atom stereocenters. The molecule has 0 saturated carbocycles. The number of hydrogen-bond donors (Lipinski definition) is 2. The van der Waals surface area contributed by atoms with Crippen molar-refractivity contribution in [3.8, 4) is 0 Å². The molecule has 0 radical (unpaired) electrons. The fourth-order valence-electron chi connectivity index (χ4n) is 3.00. The third kappa shape index (κ3) is 2.56. The van der Waals surface area contributed by atoms with E-state index in [1.165, 1.54) is 6.20 Å². The topological polar surface area (TPSA) is 86.3 Å². The summed E-state index contributed by atoms with van der Waals surface area (Å²) in [5.74, 6) is 0. The SMILES string of the molecule is O=S(=O)(c1c[nH]c2ncccc12)N1CCCCC1CCO. The summed E-state index contributed by atoms with van der Waals surface area (Å²) in [6, 6.07) is 3.38. The molecule has 21 heavy (non-hydrogen) atoms. The van der Waals surface area contributed by atoms with Crippen molar-refractivity contribution in [2.75, 3.05) is 13.2 Å². The van der Waals surface area contributed by atoms with Gasteiger partial charge in [0, 0.05) is 37.0 Å². The minimum atomic E-state index is -3.57. The largest absolute Gasteiger partial charge is 0.396 e. The van der Waals surface area contributed by atoms with Crippen molar-refractivity contribution < 1.29 is 13.5 Å². The molecule has 1 unspecified atom stereocenters. The summed E-state index contributed by atoms with van der Waals surface area (Å²) in [4.78, 5) is 7.32. The Morgan fingerprint density at radius 1 is 1.43 bits per heavy atom. The van der Waals surface area contributed by atoms with Gasteiger partial charge in [0.15, 0.2) is 0 Å². The van der Waals surface area contributed by atoms with Crippen LogP contribution in [0.3, 0.4) is 0 Å². The fraction of sp³-hybridized carbons (Fsp3) is 0.500. The smallest absolute Gasteiger partial charge is 0.245 e. The predicted octanol–water partition coefficient (Wildman–Crippen LogP) is 1.49. The van der Waals surface area contributed by atoms with E-state index in [-0.39, 0.29) is 17.5 Å². The first-order valence-corrected chi connectivity index (χ1v) is 8.63. The molecular formula is C14H19N3O3S. The number of rotatable bonds is 4. The number of hydrogen-bond acceptors (Lipinski definition) is 4. The maximum Gasteiger partial charge on any atom is 0.245 e. The van der Waals surface area contributed by atoms with E-state index in [2.05, 4.69) is 9.97 Å². The van der Waals surface area contributed by atoms with Gasteiger partial charge in [-0.05, 0) is 31.4 Å². The molecule has 6 nitrogen and oxygen atoms in total. The quantitative estimate of drug-likeness (QED) is 0.896. The zero-order valence-electron chi connectivity index (χ0n) is 11.7. The molecule has 3 heterocycles. The molecule has 3 rings (SSSR count). The number of aliphatic hydroxyl groups excluding tert-OH is 1. The Labute approximate surface area is 123 Å². The number of aromatic amines is 1. The normalized spacial score (nSPS) is 20.9. The predicted molar refractivity (Wildman–Crippen MR) is 79.3 cm³/mol. The molecule has 114 valence electrons. The maximum atomic E-state index is 12.9. The molecule has 2 aromatic rings. The summed E-state index contributed by atoms with van der Waals surface area (Å²) < 4.78 is 27.4. The first-order chi connectivity index (χ1) is 10.1. The van der Waals surface area contributed by atoms with Gasteiger partial charge in [-0.1, -0.05) is 6.42 Å². The molecule has 1 aliphatic rings. The highest BCUT2D eigenvalue weighted by atomic mass is 32.2. The van der Waals surface area contributed by atoms with E-state index in [0.717, 1.165) is 19.3 Å². The highest BCUT2D eigenvalue weighted by Gasteiger charge is 2.34. The van der Waals surface area contributed by atoms with Crippen molar-refractivity contribution in [3.05, 3.63) is 24.5 Å². The van der Waals surface area contributed by atoms with Gasteiger partial charge in [0.05, 0.1) is 0 Å². The van der Waals surface area contributed by atoms with E-state index < -0.39 is 10.0 Å². The van der Waals surface area contributed by atoms with Crippen LogP contribution in [0.25, 0.3) is 11.0 Å². The van der Waals surface area contributed by atoms with Crippen molar-refractivity contribution in [1.29, 1.82) is 0 Å². The van der Waals surface area contributed by atoms with Crippen molar-refractivity contribution in [2.24, 2.45) is 0 Å². The van der Waals surface area contributed by atoms with Crippen molar-refractivity contribution in [2.45, 2.75) is 36.6 Å². The van der Waals surface area contributed by atoms with Crippen molar-refractivity contribution >= 4 is 21.1 Å². The molecule has 0 aliphatic carbocycles. The molecule has 0 bridgehead atoms. The highest BCUT2D eigenvalue weighted by Crippen LogP contribution is 2.30. The summed E-state index contributed by atoms with van der Waals surface area (Å²) in [5, 5.41) is 9.78. The lowest BCUT2D eigenvalue weighted by molar-refractivity contribution is 0.192. The number of H-pyrrole nitrogens is 1. The monoisotopic (exact) mass is 309 g/mol. The number of aliphatic hydroxyl groups is 1. The van der Waals surface area contributed by atoms with Gasteiger partial charge in [-0.15, -0.1) is 0 Å². The van der Waals surface area contributed by atoms with Crippen LogP contribution in [0.4, 0.5) is 0 Å². The third-order valence-electron chi connectivity index (χ3n) is 4.04. The minimum Gasteiger partial charge on any atom is -0.396 e. The van der Waals surface area contributed by atoms with Crippen molar-refractivity contribution in [1.82, 2.24) is 14.3 Å². The highest BCUT2D eigenvalue weighted by molar-refractivity contribution is 7.89. The number of piperidine rings is 1. The van der Waals surface area contributed by atoms with Gasteiger partial charge in [0.1, 0.15) is 10.5 Å². The molecular weight excluding hydrogens is 290 g/mol. The van der Waals surface area contributed by atoms with Gasteiger partial charge in [-0.3, -0.25) is 0 Å². The van der Waals surface area contributed by atoms with E-state index in [1.807, 2.05) is 0 Å². The third-order valence-corrected chi connectivity index (χ3v) is 6.03. The van der Waals surface area contributed by atoms with Gasteiger partial charge < -0.3 is 10.1 Å². The van der Waals surface area contributed by atoms with Crippen LogP contribution >= 0.6 is 0 Å². The summed E-state index contributed by atoms with van der Waals surface area (Å²) in [7, 11) is -3.57. The summed E-state index contributed by atoms with van der Waals surface area (Å²) in [6.45, 7) is 0.520. The fourth-order valence-corrected chi connectivity index (χ4v) is 4.87. The van der Waals surface area contributed by atoms with Crippen LogP contribution in [0.2, 0.25) is 0 Å². The zero-order chi connectivity index (χ0) is 14.9. The molecule has 0 amide bonds. The molecule has 1 fully saturated rings. The second-order valence-corrected chi connectivity index (χ2v) is 7.19. The number of fused-ring (bicyclic) bond motifs is 1. The average molecular weight is 309 g/mol. The minimum absolute atomic E-state index is 0.00608. The van der Waals surface area contributed by atoms with E-state index in [0.29, 0.717) is 24.0 Å². The first kappa shape index (κ1) is 14.5. The van der Waals surface area contributed by atoms with Crippen LogP contribution in [-0.4, -0.2) is 47.0 Å². The molecule has 0 aromatic carbocycles. The molecule has 7 heteroatoms. The number of aromatic nitrogens is 2. The van der Waals surface area contributed by atoms with Crippen LogP contribution < -0.4 is 0 Å². The Balaban J connectivity index is 2.02. The summed E-state index contributed by atoms with van der Waals surface area (Å²) in [5.41, 5.74) is 0.576. The second-order valence-electron chi connectivity index (χ2n) is 5.33. The Hall–Kier alpha value is -1.44. The van der Waals surface area contributed by atoms with Crippen LogP contribution in [0.5, 0.6) is 0 Å². The molecule has 0 spiro atoms. The first-order valence-electron chi connectivity index (χ1n) is 7.19. The molecule has 2 aromatic heterocycles. The molecule has 1 aliphatic heterocycles. The van der Waals surface area contributed by atoms with Gasteiger partial charge in [0.2, 0.25) is 10.0 Å². The van der Waals surface area contributed by atoms with Crippen LogP contribution in [0.15, 0.2) is 29.4 Å². The van der Waals surface area contributed by atoms with E-state index in [4.69, 9.17) is 5.11 Å². The van der Waals surface area contributed by atoms with Gasteiger partial charge >= 0.3 is 0 Å². The Morgan fingerprint density at radius 3 is 3.10 bits per heavy atom. The summed E-state index contributed by atoms with van der Waals surface area (Å²) in [6.07, 6.45) is 6.30. The lowest BCUT2D eigenvalue weighted by atomic mass is 10.0. The zero-order valence-corrected chi connectivity index (χ0v) is 12.5. The lowest BCUT2D eigenvalue weighted by Gasteiger charge is -2.34. The number of sulfonamides is 1. The van der Waals surface area contributed by atoms with Gasteiger partial charge in [-0.25, -0.2) is 13.4 Å². The summed E-state index contributed by atoms with van der Waals surface area (Å²) >= 11 is 0. The van der Waals surface area contributed by atoms with E-state index >= 15 is 0 Å². The van der Waals surface area contributed by atoms with E-state index in [1.54, 1.807) is 22.6 Å². The second kappa shape index (κ2) is 5.75. The van der Waals surface area contributed by atoms with Gasteiger partial charge in [0.25, 0.3) is 0 Å². The number of nitrogens with zero attached hydrogens (tertiary/aromatic N) is 2. The number of pyridine rings is 1. The van der Waals surface area contributed by atoms with E-state index in [9.17, 15) is 8.42 Å². The van der Waals surface area contributed by atoms with Gasteiger partial charge in [-0.2, -0.15) is 4.31 Å². The average Bonchev–Trinajstić information content (AvgIpc) is 2.93. The van der Waals surface area contributed by atoms with Crippen LogP contribution in [-0.2, 0) is 10.0 Å². The molecule has 2 N–H and O–H groups in total. The molecule has 1 saturated heterocycles. The lowest BCUT2D eigenvalue weighted by Crippen LogP contribution is -2.44. The van der Waals surface area contributed by atoms with Crippen LogP contribution in [0, 0.1) is 0 Å². The van der Waals surface area contributed by atoms with Crippen LogP contribution in [0.1, 0.15) is 25.7 Å². The maximum absolute atomic E-state index is 12.9. The standard InChI is InChI=1S/C14H19N3O3S/c18-9-6-11-4-1-2-8-17(11)21(19,20)13-10-16-14-12(13)5-3-7-15-14/h3,5,7,10-11,18H,1-2,4,6,8-9H2,(H,15,16). The number of nitrogens with one attached hydrogen (secondary N) is 1. The van der Waals surface area contributed by atoms with Crippen molar-refractivity contribution in [3.63, 3.8) is 0 Å².